The third kappa shape index (κ3) is 5.61. The van der Waals surface area contributed by atoms with E-state index < -0.39 is 35.1 Å². The highest BCUT2D eigenvalue weighted by atomic mass is 35.5. The zero-order valence-corrected chi connectivity index (χ0v) is 22.6. The van der Waals surface area contributed by atoms with Gasteiger partial charge in [0.05, 0.1) is 34.3 Å². The summed E-state index contributed by atoms with van der Waals surface area (Å²) in [4.78, 5) is 26.9. The number of amides is 2. The molecule has 0 bridgehead atoms. The molecule has 0 saturated carbocycles. The summed E-state index contributed by atoms with van der Waals surface area (Å²) in [7, 11) is 0. The van der Waals surface area contributed by atoms with Crippen LogP contribution in [-0.4, -0.2) is 38.0 Å². The minimum atomic E-state index is -4.57. The van der Waals surface area contributed by atoms with Gasteiger partial charge in [-0.05, 0) is 73.0 Å². The van der Waals surface area contributed by atoms with Crippen LogP contribution < -0.4 is 0 Å². The van der Waals surface area contributed by atoms with E-state index in [1.807, 2.05) is 6.92 Å². The van der Waals surface area contributed by atoms with Gasteiger partial charge in [0.1, 0.15) is 6.17 Å². The number of imide groups is 1. The third-order valence-corrected chi connectivity index (χ3v) is 7.62. The van der Waals surface area contributed by atoms with Gasteiger partial charge in [0, 0.05) is 10.4 Å². The van der Waals surface area contributed by atoms with Gasteiger partial charge in [0.2, 0.25) is 0 Å². The van der Waals surface area contributed by atoms with Crippen molar-refractivity contribution in [2.45, 2.75) is 65.0 Å². The molecule has 38 heavy (non-hydrogen) atoms. The van der Waals surface area contributed by atoms with Crippen LogP contribution in [0.25, 0.3) is 17.0 Å². The standard InChI is InChI=1S/C27H26ClF4N3O2S/c1-4-6-23(21(29)5-2)35-25(36)24(38-26(35)37)12-16-7-10-22-19(11-16)15(3)33-34(22)14-17-8-9-18(28)13-20(17)27(30,31)32/h7-13,21,23H,4-6,14H2,1-3H3/b24-12-/t21-,23-/m1/s1. The number of hydrogen-bond acceptors (Lipinski definition) is 4. The Hall–Kier alpha value is -2.85. The van der Waals surface area contributed by atoms with Gasteiger partial charge in [0.15, 0.2) is 0 Å². The van der Waals surface area contributed by atoms with Crippen LogP contribution >= 0.6 is 23.4 Å². The van der Waals surface area contributed by atoms with Gasteiger partial charge < -0.3 is 0 Å². The van der Waals surface area contributed by atoms with Gasteiger partial charge >= 0.3 is 6.18 Å². The summed E-state index contributed by atoms with van der Waals surface area (Å²) in [5.41, 5.74) is 1.04. The molecule has 0 spiro atoms. The van der Waals surface area contributed by atoms with Crippen molar-refractivity contribution in [2.75, 3.05) is 0 Å². The summed E-state index contributed by atoms with van der Waals surface area (Å²) in [6.07, 6.45) is -3.08. The second kappa shape index (κ2) is 11.1. The number of aromatic nitrogens is 2. The van der Waals surface area contributed by atoms with Crippen molar-refractivity contribution < 1.29 is 27.2 Å². The van der Waals surface area contributed by atoms with Crippen molar-refractivity contribution in [3.8, 4) is 0 Å². The summed E-state index contributed by atoms with van der Waals surface area (Å²) in [5.74, 6) is -0.524. The minimum Gasteiger partial charge on any atom is -0.268 e. The van der Waals surface area contributed by atoms with E-state index in [4.69, 9.17) is 11.6 Å². The quantitative estimate of drug-likeness (QED) is 0.204. The lowest BCUT2D eigenvalue weighted by atomic mass is 10.0. The molecule has 0 N–H and O–H groups in total. The van der Waals surface area contributed by atoms with Gasteiger partial charge in [-0.15, -0.1) is 0 Å². The summed E-state index contributed by atoms with van der Waals surface area (Å²) < 4.78 is 56.8. The number of nitrogens with zero attached hydrogens (tertiary/aromatic N) is 3. The van der Waals surface area contributed by atoms with Crippen LogP contribution in [0.1, 0.15) is 55.5 Å². The van der Waals surface area contributed by atoms with Crippen LogP contribution in [0.2, 0.25) is 5.02 Å². The van der Waals surface area contributed by atoms with E-state index in [0.29, 0.717) is 35.0 Å². The van der Waals surface area contributed by atoms with Crippen LogP contribution in [0.15, 0.2) is 41.3 Å². The summed E-state index contributed by atoms with van der Waals surface area (Å²) in [6, 6.07) is 8.02. The molecule has 1 fully saturated rings. The molecule has 4 rings (SSSR count). The Bertz CT molecular complexity index is 1420. The van der Waals surface area contributed by atoms with Crippen molar-refractivity contribution in [2.24, 2.45) is 0 Å². The van der Waals surface area contributed by atoms with Crippen LogP contribution in [0.3, 0.4) is 0 Å². The Morgan fingerprint density at radius 1 is 1.13 bits per heavy atom. The Kier molecular flexibility index (Phi) is 8.23. The van der Waals surface area contributed by atoms with Crippen molar-refractivity contribution in [1.82, 2.24) is 14.7 Å². The predicted octanol–water partition coefficient (Wildman–Crippen LogP) is 8.02. The summed E-state index contributed by atoms with van der Waals surface area (Å²) >= 11 is 6.57. The first-order valence-corrected chi connectivity index (χ1v) is 13.4. The maximum absolute atomic E-state index is 14.6. The van der Waals surface area contributed by atoms with Crippen LogP contribution in [0.4, 0.5) is 22.4 Å². The average molecular weight is 568 g/mol. The number of carbonyl (C=O) groups is 2. The fourth-order valence-electron chi connectivity index (χ4n) is 4.64. The van der Waals surface area contributed by atoms with E-state index in [9.17, 15) is 27.2 Å². The smallest absolute Gasteiger partial charge is 0.268 e. The summed E-state index contributed by atoms with van der Waals surface area (Å²) in [5, 5.41) is 4.63. The van der Waals surface area contributed by atoms with Crippen molar-refractivity contribution in [3.05, 3.63) is 68.7 Å². The molecule has 0 aliphatic carbocycles. The van der Waals surface area contributed by atoms with E-state index in [0.717, 1.165) is 22.7 Å². The molecule has 2 amide bonds. The normalized spacial score (nSPS) is 17.2. The first-order chi connectivity index (χ1) is 17.9. The Morgan fingerprint density at radius 3 is 2.53 bits per heavy atom. The molecular formula is C27H26ClF4N3O2S. The lowest BCUT2D eigenvalue weighted by molar-refractivity contribution is -0.138. The SMILES string of the molecule is CCC[C@H]([C@H](F)CC)N1C(=O)S/C(=C\c2ccc3c(c2)c(C)nn3Cc2ccc(Cl)cc2C(F)(F)F)C1=O. The predicted molar refractivity (Wildman–Crippen MR) is 142 cm³/mol. The summed E-state index contributed by atoms with van der Waals surface area (Å²) in [6.45, 7) is 5.18. The number of rotatable bonds is 8. The van der Waals surface area contributed by atoms with Gasteiger partial charge in [-0.2, -0.15) is 18.3 Å². The highest BCUT2D eigenvalue weighted by molar-refractivity contribution is 8.18. The highest BCUT2D eigenvalue weighted by Gasteiger charge is 2.42. The molecule has 2 atom stereocenters. The zero-order valence-electron chi connectivity index (χ0n) is 21.0. The first kappa shape index (κ1) is 28.2. The third-order valence-electron chi connectivity index (χ3n) is 6.50. The maximum atomic E-state index is 14.6. The van der Waals surface area contributed by atoms with E-state index in [1.54, 1.807) is 38.1 Å². The molecule has 2 heterocycles. The molecule has 1 aromatic heterocycles. The molecule has 3 aromatic rings. The lowest BCUT2D eigenvalue weighted by Crippen LogP contribution is -2.44. The van der Waals surface area contributed by atoms with Crippen LogP contribution in [0, 0.1) is 6.92 Å². The molecule has 1 aliphatic heterocycles. The van der Waals surface area contributed by atoms with E-state index >= 15 is 0 Å². The topological polar surface area (TPSA) is 55.2 Å². The number of aryl methyl sites for hydroxylation is 1. The van der Waals surface area contributed by atoms with Gasteiger partial charge in [0.25, 0.3) is 11.1 Å². The molecule has 5 nitrogen and oxygen atoms in total. The number of carbonyl (C=O) groups excluding carboxylic acids is 2. The van der Waals surface area contributed by atoms with Gasteiger partial charge in [-0.3, -0.25) is 19.2 Å². The lowest BCUT2D eigenvalue weighted by Gasteiger charge is -2.27. The Morgan fingerprint density at radius 2 is 1.87 bits per heavy atom. The second-order valence-electron chi connectivity index (χ2n) is 9.15. The number of fused-ring (bicyclic) bond motifs is 1. The minimum absolute atomic E-state index is 0.00520. The van der Waals surface area contributed by atoms with Gasteiger partial charge in [-0.25, -0.2) is 4.39 Å². The van der Waals surface area contributed by atoms with E-state index in [2.05, 4.69) is 5.10 Å². The number of hydrogen-bond donors (Lipinski definition) is 0. The van der Waals surface area contributed by atoms with Crippen molar-refractivity contribution in [3.63, 3.8) is 0 Å². The van der Waals surface area contributed by atoms with Gasteiger partial charge in [-0.1, -0.05) is 44.0 Å². The molecule has 1 saturated heterocycles. The maximum Gasteiger partial charge on any atom is 0.416 e. The number of benzene rings is 2. The van der Waals surface area contributed by atoms with E-state index in [1.165, 1.54) is 16.8 Å². The molecule has 1 aliphatic rings. The number of thioether (sulfide) groups is 1. The van der Waals surface area contributed by atoms with Crippen LogP contribution in [-0.2, 0) is 17.5 Å². The highest BCUT2D eigenvalue weighted by Crippen LogP contribution is 2.37. The zero-order chi connectivity index (χ0) is 27.8. The Balaban J connectivity index is 1.65. The Labute approximate surface area is 226 Å². The molecule has 11 heteroatoms. The second-order valence-corrected chi connectivity index (χ2v) is 10.6. The van der Waals surface area contributed by atoms with Crippen molar-refractivity contribution >= 4 is 51.5 Å². The number of alkyl halides is 4. The number of halogens is 5. The largest absolute Gasteiger partial charge is 0.416 e. The van der Waals surface area contributed by atoms with E-state index in [-0.39, 0.29) is 28.5 Å². The molecule has 0 unspecified atom stereocenters. The molecular weight excluding hydrogens is 542 g/mol. The van der Waals surface area contributed by atoms with Crippen LogP contribution in [0.5, 0.6) is 0 Å². The fourth-order valence-corrected chi connectivity index (χ4v) is 5.69. The molecule has 202 valence electrons. The average Bonchev–Trinajstić information content (AvgIpc) is 3.31. The monoisotopic (exact) mass is 567 g/mol. The molecule has 2 aromatic carbocycles. The fraction of sp³-hybridized carbons (Fsp3) is 0.370. The van der Waals surface area contributed by atoms with Crippen molar-refractivity contribution in [1.29, 1.82) is 0 Å². The first-order valence-electron chi connectivity index (χ1n) is 12.2. The molecule has 0 radical (unpaired) electrons.